The van der Waals surface area contributed by atoms with Crippen LogP contribution >= 0.6 is 0 Å². The van der Waals surface area contributed by atoms with Crippen LogP contribution < -0.4 is 5.32 Å². The van der Waals surface area contributed by atoms with Gasteiger partial charge in [-0.05, 0) is 13.8 Å². The van der Waals surface area contributed by atoms with E-state index in [0.29, 0.717) is 0 Å². The quantitative estimate of drug-likeness (QED) is 0.615. The second-order valence-corrected chi connectivity index (χ2v) is 2.94. The maximum absolute atomic E-state index is 10.7. The fourth-order valence-electron chi connectivity index (χ4n) is 1.22. The van der Waals surface area contributed by atoms with Gasteiger partial charge < -0.3 is 5.32 Å². The number of carbonyl (C=O) groups excluding carboxylic acids is 1. The zero-order valence-electron chi connectivity index (χ0n) is 7.59. The summed E-state index contributed by atoms with van der Waals surface area (Å²) in [4.78, 5) is 19.0. The zero-order chi connectivity index (χ0) is 9.14. The van der Waals surface area contributed by atoms with E-state index in [1.54, 1.807) is 0 Å². The second-order valence-electron chi connectivity index (χ2n) is 2.94. The summed E-state index contributed by atoms with van der Waals surface area (Å²) in [5.74, 6) is 0.684. The first-order valence-electron chi connectivity index (χ1n) is 3.93. The first-order chi connectivity index (χ1) is 5.58. The van der Waals surface area contributed by atoms with E-state index >= 15 is 0 Å². The highest BCUT2D eigenvalue weighted by atomic mass is 16.1. The van der Waals surface area contributed by atoms with Gasteiger partial charge in [-0.15, -0.1) is 0 Å². The van der Waals surface area contributed by atoms with Crippen LogP contribution in [0.15, 0.2) is 9.98 Å². The van der Waals surface area contributed by atoms with E-state index in [2.05, 4.69) is 15.3 Å². The molecule has 4 nitrogen and oxygen atoms in total. The third-order valence-corrected chi connectivity index (χ3v) is 1.55. The smallest absolute Gasteiger partial charge is 0.218 e. The Morgan fingerprint density at radius 3 is 2.75 bits per heavy atom. The molecule has 1 atom stereocenters. The van der Waals surface area contributed by atoms with Crippen molar-refractivity contribution in [2.45, 2.75) is 33.4 Å². The Kier molecular flexibility index (Phi) is 2.58. The number of carbonyl (C=O) groups is 1. The van der Waals surface area contributed by atoms with Gasteiger partial charge in [-0.25, -0.2) is 9.98 Å². The standard InChI is InChI=1S/C8H13N3O/c1-5-4-8(11-7(3)12)10-6(2)9-5/h8H,4H2,1-3H3,(H,11,12). The van der Waals surface area contributed by atoms with Gasteiger partial charge in [0.1, 0.15) is 12.0 Å². The Labute approximate surface area is 71.8 Å². The third-order valence-electron chi connectivity index (χ3n) is 1.55. The van der Waals surface area contributed by atoms with E-state index in [0.717, 1.165) is 18.0 Å². The summed E-state index contributed by atoms with van der Waals surface area (Å²) in [6.07, 6.45) is 0.608. The molecule has 0 aromatic carbocycles. The molecule has 12 heavy (non-hydrogen) atoms. The fourth-order valence-corrected chi connectivity index (χ4v) is 1.22. The number of hydrogen-bond acceptors (Lipinski definition) is 3. The summed E-state index contributed by atoms with van der Waals surface area (Å²) in [5, 5.41) is 2.74. The lowest BCUT2D eigenvalue weighted by molar-refractivity contribution is -0.119. The van der Waals surface area contributed by atoms with Crippen LogP contribution in [0.2, 0.25) is 0 Å². The largest absolute Gasteiger partial charge is 0.334 e. The minimum absolute atomic E-state index is 0.0498. The summed E-state index contributed by atoms with van der Waals surface area (Å²) < 4.78 is 0. The molecule has 0 radical (unpaired) electrons. The molecule has 0 aromatic heterocycles. The highest BCUT2D eigenvalue weighted by Gasteiger charge is 2.13. The SMILES string of the molecule is CC(=O)NC1CC(C)=NC(C)=N1. The molecule has 1 heterocycles. The zero-order valence-corrected chi connectivity index (χ0v) is 7.59. The molecule has 0 saturated carbocycles. The average Bonchev–Trinajstić information content (AvgIpc) is 1.81. The number of nitrogens with one attached hydrogen (secondary N) is 1. The minimum Gasteiger partial charge on any atom is -0.334 e. The van der Waals surface area contributed by atoms with Crippen molar-refractivity contribution in [2.24, 2.45) is 9.98 Å². The van der Waals surface area contributed by atoms with Crippen LogP contribution in [0.4, 0.5) is 0 Å². The lowest BCUT2D eigenvalue weighted by Gasteiger charge is -2.17. The van der Waals surface area contributed by atoms with Crippen LogP contribution in [0.25, 0.3) is 0 Å². The number of amidine groups is 1. The summed E-state index contributed by atoms with van der Waals surface area (Å²) in [6.45, 7) is 5.26. The van der Waals surface area contributed by atoms with Gasteiger partial charge in [0.2, 0.25) is 5.91 Å². The van der Waals surface area contributed by atoms with Gasteiger partial charge in [0.15, 0.2) is 0 Å². The fraction of sp³-hybridized carbons (Fsp3) is 0.625. The van der Waals surface area contributed by atoms with E-state index in [1.165, 1.54) is 6.92 Å². The molecule has 0 bridgehead atoms. The van der Waals surface area contributed by atoms with Crippen LogP contribution in [0, 0.1) is 0 Å². The lowest BCUT2D eigenvalue weighted by Crippen LogP contribution is -2.35. The van der Waals surface area contributed by atoms with Crippen LogP contribution in [0.3, 0.4) is 0 Å². The van der Waals surface area contributed by atoms with Gasteiger partial charge >= 0.3 is 0 Å². The molecular weight excluding hydrogens is 154 g/mol. The van der Waals surface area contributed by atoms with Crippen LogP contribution in [-0.2, 0) is 4.79 Å². The molecular formula is C8H13N3O. The molecule has 1 amide bonds. The van der Waals surface area contributed by atoms with Crippen molar-refractivity contribution >= 4 is 17.5 Å². The van der Waals surface area contributed by atoms with Crippen molar-refractivity contribution < 1.29 is 4.79 Å². The molecule has 0 aromatic rings. The van der Waals surface area contributed by atoms with Crippen molar-refractivity contribution in [1.82, 2.24) is 5.32 Å². The maximum Gasteiger partial charge on any atom is 0.218 e. The van der Waals surface area contributed by atoms with Gasteiger partial charge in [-0.3, -0.25) is 4.79 Å². The highest BCUT2D eigenvalue weighted by molar-refractivity contribution is 5.98. The molecule has 4 heteroatoms. The summed E-state index contributed by atoms with van der Waals surface area (Å²) in [7, 11) is 0. The molecule has 0 spiro atoms. The molecule has 1 rings (SSSR count). The average molecular weight is 167 g/mol. The number of rotatable bonds is 1. The van der Waals surface area contributed by atoms with E-state index in [-0.39, 0.29) is 12.1 Å². The molecule has 0 fully saturated rings. The predicted molar refractivity (Wildman–Crippen MR) is 48.4 cm³/mol. The van der Waals surface area contributed by atoms with Crippen molar-refractivity contribution in [3.05, 3.63) is 0 Å². The summed E-state index contributed by atoms with van der Waals surface area (Å²) in [6, 6.07) is 0. The minimum atomic E-state index is -0.111. The highest BCUT2D eigenvalue weighted by Crippen LogP contribution is 2.04. The maximum atomic E-state index is 10.7. The van der Waals surface area contributed by atoms with Gasteiger partial charge in [0, 0.05) is 19.1 Å². The van der Waals surface area contributed by atoms with E-state index in [4.69, 9.17) is 0 Å². The van der Waals surface area contributed by atoms with E-state index in [1.807, 2.05) is 13.8 Å². The number of amides is 1. The number of aliphatic imine (C=N–C) groups is 2. The molecule has 0 aliphatic carbocycles. The topological polar surface area (TPSA) is 53.8 Å². The van der Waals surface area contributed by atoms with Gasteiger partial charge in [-0.1, -0.05) is 0 Å². The molecule has 66 valence electrons. The third kappa shape index (κ3) is 2.45. The molecule has 1 aliphatic rings. The van der Waals surface area contributed by atoms with Gasteiger partial charge in [0.25, 0.3) is 0 Å². The number of hydrogen-bond donors (Lipinski definition) is 1. The predicted octanol–water partition coefficient (Wildman–Crippen LogP) is 0.732. The Hall–Kier alpha value is -1.19. The summed E-state index contributed by atoms with van der Waals surface area (Å²) >= 11 is 0. The molecule has 1 N–H and O–H groups in total. The first kappa shape index (κ1) is 8.90. The Balaban J connectivity index is 2.61. The molecule has 1 unspecified atom stereocenters. The van der Waals surface area contributed by atoms with Gasteiger partial charge in [-0.2, -0.15) is 0 Å². The second kappa shape index (κ2) is 3.47. The Morgan fingerprint density at radius 2 is 2.25 bits per heavy atom. The molecule has 0 saturated heterocycles. The van der Waals surface area contributed by atoms with Crippen molar-refractivity contribution in [1.29, 1.82) is 0 Å². The Bertz CT molecular complexity index is 253. The first-order valence-corrected chi connectivity index (χ1v) is 3.93. The van der Waals surface area contributed by atoms with Crippen molar-refractivity contribution in [3.63, 3.8) is 0 Å². The normalized spacial score (nSPS) is 22.8. The lowest BCUT2D eigenvalue weighted by atomic mass is 10.2. The molecule has 1 aliphatic heterocycles. The van der Waals surface area contributed by atoms with Crippen LogP contribution in [-0.4, -0.2) is 23.6 Å². The van der Waals surface area contributed by atoms with E-state index in [9.17, 15) is 4.79 Å². The van der Waals surface area contributed by atoms with Crippen molar-refractivity contribution in [2.75, 3.05) is 0 Å². The van der Waals surface area contributed by atoms with E-state index < -0.39 is 0 Å². The van der Waals surface area contributed by atoms with Crippen LogP contribution in [0.1, 0.15) is 27.2 Å². The Morgan fingerprint density at radius 1 is 1.58 bits per heavy atom. The monoisotopic (exact) mass is 167 g/mol. The van der Waals surface area contributed by atoms with Crippen LogP contribution in [0.5, 0.6) is 0 Å². The van der Waals surface area contributed by atoms with Crippen molar-refractivity contribution in [3.8, 4) is 0 Å². The number of nitrogens with zero attached hydrogens (tertiary/aromatic N) is 2. The van der Waals surface area contributed by atoms with Gasteiger partial charge in [0.05, 0.1) is 0 Å². The summed E-state index contributed by atoms with van der Waals surface area (Å²) in [5.41, 5.74) is 1.02.